The van der Waals surface area contributed by atoms with Gasteiger partial charge in [0.2, 0.25) is 0 Å². The Morgan fingerprint density at radius 3 is 2.50 bits per heavy atom. The Bertz CT molecular complexity index is 398. The third-order valence-corrected chi connectivity index (χ3v) is 3.16. The molecule has 88 valence electrons. The first-order chi connectivity index (χ1) is 7.54. The molecule has 0 unspecified atom stereocenters. The van der Waals surface area contributed by atoms with Crippen LogP contribution >= 0.6 is 0 Å². The number of ether oxygens (including phenoxy) is 1. The van der Waals surface area contributed by atoms with E-state index in [9.17, 15) is 13.9 Å². The maximum absolute atomic E-state index is 13.4. The molecule has 0 atom stereocenters. The van der Waals surface area contributed by atoms with Crippen molar-refractivity contribution in [2.75, 3.05) is 13.2 Å². The molecule has 1 N–H and O–H groups in total. The van der Waals surface area contributed by atoms with Gasteiger partial charge in [0.25, 0.3) is 0 Å². The zero-order valence-corrected chi connectivity index (χ0v) is 9.09. The van der Waals surface area contributed by atoms with Crippen LogP contribution in [0.15, 0.2) is 12.1 Å². The van der Waals surface area contributed by atoms with Crippen molar-refractivity contribution in [1.82, 2.24) is 0 Å². The van der Waals surface area contributed by atoms with Gasteiger partial charge in [0.1, 0.15) is 0 Å². The highest BCUT2D eigenvalue weighted by Crippen LogP contribution is 2.35. The van der Waals surface area contributed by atoms with Gasteiger partial charge in [-0.05, 0) is 24.1 Å². The summed E-state index contributed by atoms with van der Waals surface area (Å²) in [4.78, 5) is 0. The fourth-order valence-corrected chi connectivity index (χ4v) is 2.13. The van der Waals surface area contributed by atoms with E-state index in [4.69, 9.17) is 4.74 Å². The van der Waals surface area contributed by atoms with E-state index in [2.05, 4.69) is 0 Å². The van der Waals surface area contributed by atoms with E-state index in [1.54, 1.807) is 0 Å². The average molecular weight is 228 g/mol. The van der Waals surface area contributed by atoms with Gasteiger partial charge in [0, 0.05) is 26.1 Å². The van der Waals surface area contributed by atoms with E-state index in [1.165, 1.54) is 13.0 Å². The molecule has 4 heteroatoms. The highest BCUT2D eigenvalue weighted by molar-refractivity contribution is 5.33. The van der Waals surface area contributed by atoms with Crippen LogP contribution in [0.25, 0.3) is 0 Å². The lowest BCUT2D eigenvalue weighted by molar-refractivity contribution is -0.0684. The first-order valence-electron chi connectivity index (χ1n) is 5.30. The van der Waals surface area contributed by atoms with Gasteiger partial charge in [-0.2, -0.15) is 0 Å². The number of halogens is 2. The number of hydrogen-bond acceptors (Lipinski definition) is 2. The minimum absolute atomic E-state index is 0.185. The lowest BCUT2D eigenvalue weighted by Gasteiger charge is -2.33. The minimum Gasteiger partial charge on any atom is -0.385 e. The molecule has 2 rings (SSSR count). The van der Waals surface area contributed by atoms with Crippen LogP contribution in [-0.2, 0) is 10.3 Å². The predicted molar refractivity (Wildman–Crippen MR) is 55.0 cm³/mol. The van der Waals surface area contributed by atoms with Crippen molar-refractivity contribution in [1.29, 1.82) is 0 Å². The molecule has 0 aliphatic carbocycles. The van der Waals surface area contributed by atoms with Gasteiger partial charge >= 0.3 is 0 Å². The SMILES string of the molecule is Cc1c(C2(O)CCOCC2)ccc(F)c1F. The molecule has 1 fully saturated rings. The van der Waals surface area contributed by atoms with Crippen LogP contribution in [0, 0.1) is 18.6 Å². The molecule has 0 radical (unpaired) electrons. The highest BCUT2D eigenvalue weighted by Gasteiger charge is 2.34. The van der Waals surface area contributed by atoms with E-state index in [0.717, 1.165) is 6.07 Å². The number of benzene rings is 1. The van der Waals surface area contributed by atoms with Crippen molar-refractivity contribution < 1.29 is 18.6 Å². The normalized spacial score (nSPS) is 19.8. The molecule has 0 aromatic heterocycles. The van der Waals surface area contributed by atoms with Crippen LogP contribution in [0.5, 0.6) is 0 Å². The summed E-state index contributed by atoms with van der Waals surface area (Å²) in [6.07, 6.45) is 0.831. The number of hydrogen-bond donors (Lipinski definition) is 1. The summed E-state index contributed by atoms with van der Waals surface area (Å²) in [5.41, 5.74) is -0.434. The Labute approximate surface area is 92.9 Å². The van der Waals surface area contributed by atoms with E-state index in [-0.39, 0.29) is 5.56 Å². The lowest BCUT2D eigenvalue weighted by atomic mass is 9.84. The Kier molecular flexibility index (Phi) is 2.95. The van der Waals surface area contributed by atoms with E-state index < -0.39 is 17.2 Å². The summed E-state index contributed by atoms with van der Waals surface area (Å²) < 4.78 is 31.5. The third kappa shape index (κ3) is 1.83. The van der Waals surface area contributed by atoms with Gasteiger partial charge < -0.3 is 9.84 Å². The van der Waals surface area contributed by atoms with Gasteiger partial charge in [0.15, 0.2) is 11.6 Å². The number of aliphatic hydroxyl groups is 1. The molecule has 0 bridgehead atoms. The van der Waals surface area contributed by atoms with E-state index in [0.29, 0.717) is 31.6 Å². The molecular weight excluding hydrogens is 214 g/mol. The second-order valence-electron chi connectivity index (χ2n) is 4.18. The zero-order valence-electron chi connectivity index (χ0n) is 9.09. The molecule has 16 heavy (non-hydrogen) atoms. The summed E-state index contributed by atoms with van der Waals surface area (Å²) in [5.74, 6) is -1.76. The summed E-state index contributed by atoms with van der Waals surface area (Å²) in [6.45, 7) is 2.37. The molecule has 0 amide bonds. The van der Waals surface area contributed by atoms with E-state index in [1.807, 2.05) is 0 Å². The van der Waals surface area contributed by atoms with Crippen molar-refractivity contribution in [3.05, 3.63) is 34.9 Å². The highest BCUT2D eigenvalue weighted by atomic mass is 19.2. The van der Waals surface area contributed by atoms with Gasteiger partial charge in [-0.25, -0.2) is 8.78 Å². The van der Waals surface area contributed by atoms with Gasteiger partial charge in [0.05, 0.1) is 5.60 Å². The summed E-state index contributed by atoms with van der Waals surface area (Å²) >= 11 is 0. The molecule has 2 nitrogen and oxygen atoms in total. The smallest absolute Gasteiger partial charge is 0.162 e. The van der Waals surface area contributed by atoms with Crippen molar-refractivity contribution in [3.8, 4) is 0 Å². The van der Waals surface area contributed by atoms with Crippen LogP contribution in [0.1, 0.15) is 24.0 Å². The Hall–Kier alpha value is -1.00. The maximum Gasteiger partial charge on any atom is 0.162 e. The van der Waals surface area contributed by atoms with Crippen LogP contribution < -0.4 is 0 Å². The minimum atomic E-state index is -1.09. The summed E-state index contributed by atoms with van der Waals surface area (Å²) in [6, 6.07) is 2.52. The molecule has 1 aliphatic rings. The predicted octanol–water partition coefficient (Wildman–Crippen LogP) is 2.27. The quantitative estimate of drug-likeness (QED) is 0.799. The van der Waals surface area contributed by atoms with Crippen molar-refractivity contribution >= 4 is 0 Å². The first-order valence-corrected chi connectivity index (χ1v) is 5.30. The van der Waals surface area contributed by atoms with Gasteiger partial charge in [-0.15, -0.1) is 0 Å². The fraction of sp³-hybridized carbons (Fsp3) is 0.500. The lowest BCUT2D eigenvalue weighted by Crippen LogP contribution is -2.34. The average Bonchev–Trinajstić information content (AvgIpc) is 2.27. The molecule has 0 saturated carbocycles. The van der Waals surface area contributed by atoms with Crippen molar-refractivity contribution in [2.45, 2.75) is 25.4 Å². The Morgan fingerprint density at radius 2 is 1.88 bits per heavy atom. The maximum atomic E-state index is 13.4. The van der Waals surface area contributed by atoms with Crippen LogP contribution in [-0.4, -0.2) is 18.3 Å². The molecule has 1 aromatic rings. The molecule has 0 spiro atoms. The molecule has 1 heterocycles. The van der Waals surface area contributed by atoms with Gasteiger partial charge in [-0.1, -0.05) is 6.07 Å². The van der Waals surface area contributed by atoms with Crippen LogP contribution in [0.2, 0.25) is 0 Å². The zero-order chi connectivity index (χ0) is 11.8. The van der Waals surface area contributed by atoms with Crippen LogP contribution in [0.4, 0.5) is 8.78 Å². The topological polar surface area (TPSA) is 29.5 Å². The largest absolute Gasteiger partial charge is 0.385 e. The molecule has 1 aromatic carbocycles. The molecule has 1 aliphatic heterocycles. The monoisotopic (exact) mass is 228 g/mol. The Morgan fingerprint density at radius 1 is 1.25 bits per heavy atom. The van der Waals surface area contributed by atoms with Crippen molar-refractivity contribution in [3.63, 3.8) is 0 Å². The third-order valence-electron chi connectivity index (χ3n) is 3.16. The van der Waals surface area contributed by atoms with Crippen LogP contribution in [0.3, 0.4) is 0 Å². The number of rotatable bonds is 1. The second-order valence-corrected chi connectivity index (χ2v) is 4.18. The summed E-state index contributed by atoms with van der Waals surface area (Å²) in [7, 11) is 0. The van der Waals surface area contributed by atoms with Crippen molar-refractivity contribution in [2.24, 2.45) is 0 Å². The fourth-order valence-electron chi connectivity index (χ4n) is 2.13. The molecule has 1 saturated heterocycles. The standard InChI is InChI=1S/C12H14F2O2/c1-8-9(2-3-10(13)11(8)14)12(15)4-6-16-7-5-12/h2-3,15H,4-7H2,1H3. The molecular formula is C12H14F2O2. The summed E-state index contributed by atoms with van der Waals surface area (Å²) in [5, 5.41) is 10.4. The van der Waals surface area contributed by atoms with Gasteiger partial charge in [-0.3, -0.25) is 0 Å². The second kappa shape index (κ2) is 4.11. The first kappa shape index (κ1) is 11.5. The Balaban J connectivity index is 2.43. The van der Waals surface area contributed by atoms with E-state index >= 15 is 0 Å².